The van der Waals surface area contributed by atoms with E-state index in [1.807, 2.05) is 13.8 Å². The highest BCUT2D eigenvalue weighted by Gasteiger charge is 2.47. The predicted octanol–water partition coefficient (Wildman–Crippen LogP) is 2.63. The Bertz CT molecular complexity index is 283. The lowest BCUT2D eigenvalue weighted by Gasteiger charge is -2.28. The molecule has 0 aliphatic heterocycles. The molecule has 17 heavy (non-hydrogen) atoms. The summed E-state index contributed by atoms with van der Waals surface area (Å²) in [5.74, 6) is -1.63. The second kappa shape index (κ2) is 7.09. The van der Waals surface area contributed by atoms with Gasteiger partial charge >= 0.3 is 11.9 Å². The van der Waals surface area contributed by atoms with Crippen LogP contribution in [0.25, 0.3) is 0 Å². The number of carbonyl (C=O) groups is 2. The van der Waals surface area contributed by atoms with Crippen molar-refractivity contribution in [1.82, 2.24) is 0 Å². The van der Waals surface area contributed by atoms with Gasteiger partial charge in [0.25, 0.3) is 0 Å². The van der Waals surface area contributed by atoms with Crippen molar-refractivity contribution in [3.63, 3.8) is 0 Å². The van der Waals surface area contributed by atoms with Crippen LogP contribution in [0.15, 0.2) is 12.7 Å². The van der Waals surface area contributed by atoms with Gasteiger partial charge in [-0.05, 0) is 32.1 Å². The molecule has 4 heteroatoms. The van der Waals surface area contributed by atoms with E-state index >= 15 is 0 Å². The maximum atomic E-state index is 11.9. The average Bonchev–Trinajstić information content (AvgIpc) is 2.23. The third-order valence-corrected chi connectivity index (χ3v) is 2.61. The Morgan fingerprint density at radius 3 is 2.41 bits per heavy atom. The van der Waals surface area contributed by atoms with Crippen LogP contribution in [0.4, 0.5) is 0 Å². The quantitative estimate of drug-likeness (QED) is 0.404. The van der Waals surface area contributed by atoms with Crippen LogP contribution in [0.1, 0.15) is 40.0 Å². The molecule has 0 aromatic carbocycles. The van der Waals surface area contributed by atoms with Crippen LogP contribution in [0.2, 0.25) is 0 Å². The molecule has 0 aromatic heterocycles. The summed E-state index contributed by atoms with van der Waals surface area (Å²) in [7, 11) is 0. The van der Waals surface area contributed by atoms with Gasteiger partial charge in [-0.2, -0.15) is 0 Å². The number of carboxylic acids is 1. The minimum Gasteiger partial charge on any atom is -0.480 e. The molecule has 0 fully saturated rings. The van der Waals surface area contributed by atoms with E-state index in [2.05, 4.69) is 6.58 Å². The minimum absolute atomic E-state index is 0.111. The molecule has 0 heterocycles. The fourth-order valence-electron chi connectivity index (χ4n) is 1.88. The molecule has 0 aliphatic rings. The van der Waals surface area contributed by atoms with Gasteiger partial charge in [0.1, 0.15) is 0 Å². The van der Waals surface area contributed by atoms with Crippen LogP contribution in [0.5, 0.6) is 0 Å². The number of aliphatic carboxylic acids is 1. The van der Waals surface area contributed by atoms with Gasteiger partial charge in [-0.25, -0.2) is 0 Å². The fraction of sp³-hybridized carbons (Fsp3) is 0.692. The number of carboxylic acid groups (broad SMARTS) is 1. The van der Waals surface area contributed by atoms with E-state index in [1.54, 1.807) is 13.0 Å². The van der Waals surface area contributed by atoms with Gasteiger partial charge in [-0.15, -0.1) is 6.58 Å². The zero-order valence-corrected chi connectivity index (χ0v) is 10.9. The number of carbonyl (C=O) groups excluding carboxylic acids is 1. The third-order valence-electron chi connectivity index (χ3n) is 2.61. The molecule has 0 aliphatic carbocycles. The first-order chi connectivity index (χ1) is 7.90. The Morgan fingerprint density at radius 1 is 1.47 bits per heavy atom. The third kappa shape index (κ3) is 4.21. The minimum atomic E-state index is -1.43. The van der Waals surface area contributed by atoms with Crippen LogP contribution >= 0.6 is 0 Å². The summed E-state index contributed by atoms with van der Waals surface area (Å²) in [4.78, 5) is 23.4. The average molecular weight is 242 g/mol. The largest absolute Gasteiger partial charge is 0.480 e. The Kier molecular flexibility index (Phi) is 6.54. The molecule has 0 radical (unpaired) electrons. The van der Waals surface area contributed by atoms with Crippen molar-refractivity contribution in [2.45, 2.75) is 40.0 Å². The molecule has 0 bridgehead atoms. The number of ether oxygens (including phenoxy) is 1. The van der Waals surface area contributed by atoms with Crippen molar-refractivity contribution in [3.05, 3.63) is 12.7 Å². The first-order valence-corrected chi connectivity index (χ1v) is 5.92. The molecule has 4 nitrogen and oxygen atoms in total. The lowest BCUT2D eigenvalue weighted by molar-refractivity contribution is -0.170. The Balaban J connectivity index is 5.14. The van der Waals surface area contributed by atoms with Gasteiger partial charge < -0.3 is 9.84 Å². The molecule has 98 valence electrons. The molecule has 0 saturated heterocycles. The highest BCUT2D eigenvalue weighted by molar-refractivity contribution is 5.99. The van der Waals surface area contributed by atoms with Crippen LogP contribution in [-0.2, 0) is 14.3 Å². The summed E-state index contributed by atoms with van der Waals surface area (Å²) < 4.78 is 4.91. The number of hydrogen-bond donors (Lipinski definition) is 1. The molecule has 1 atom stereocenters. The van der Waals surface area contributed by atoms with Crippen molar-refractivity contribution in [3.8, 4) is 0 Å². The maximum Gasteiger partial charge on any atom is 0.323 e. The van der Waals surface area contributed by atoms with Crippen molar-refractivity contribution < 1.29 is 19.4 Å². The molecular formula is C13H22O4. The van der Waals surface area contributed by atoms with E-state index in [-0.39, 0.29) is 25.4 Å². The van der Waals surface area contributed by atoms with Crippen molar-refractivity contribution >= 4 is 11.9 Å². The van der Waals surface area contributed by atoms with E-state index < -0.39 is 17.4 Å². The van der Waals surface area contributed by atoms with Gasteiger partial charge in [0.15, 0.2) is 5.41 Å². The number of hydrogen-bond acceptors (Lipinski definition) is 3. The van der Waals surface area contributed by atoms with E-state index in [4.69, 9.17) is 4.74 Å². The topological polar surface area (TPSA) is 63.6 Å². The monoisotopic (exact) mass is 242 g/mol. The molecule has 1 unspecified atom stereocenters. The molecule has 1 N–H and O–H groups in total. The Hall–Kier alpha value is -1.32. The van der Waals surface area contributed by atoms with Crippen molar-refractivity contribution in [2.24, 2.45) is 11.3 Å². The summed E-state index contributed by atoms with van der Waals surface area (Å²) in [6.45, 7) is 9.22. The number of esters is 1. The van der Waals surface area contributed by atoms with E-state index in [9.17, 15) is 14.7 Å². The molecule has 0 rings (SSSR count). The summed E-state index contributed by atoms with van der Waals surface area (Å²) in [6.07, 6.45) is 2.63. The van der Waals surface area contributed by atoms with Crippen LogP contribution < -0.4 is 0 Å². The molecule has 0 aromatic rings. The second-order valence-electron chi connectivity index (χ2n) is 4.53. The SMILES string of the molecule is C=CCCC(CC(C)C)(C(=O)O)C(=O)OCC. The van der Waals surface area contributed by atoms with E-state index in [0.29, 0.717) is 6.42 Å². The zero-order valence-electron chi connectivity index (χ0n) is 10.9. The van der Waals surface area contributed by atoms with Gasteiger partial charge in [-0.3, -0.25) is 9.59 Å². The van der Waals surface area contributed by atoms with Gasteiger partial charge in [0.2, 0.25) is 0 Å². The summed E-state index contributed by atoms with van der Waals surface area (Å²) in [5, 5.41) is 9.36. The smallest absolute Gasteiger partial charge is 0.323 e. The maximum absolute atomic E-state index is 11.9. The Labute approximate surface area is 103 Å². The molecule has 0 amide bonds. The standard InChI is InChI=1S/C13H22O4/c1-5-7-8-13(11(14)15,9-10(3)4)12(16)17-6-2/h5,10H,1,6-9H2,2-4H3,(H,14,15). The van der Waals surface area contributed by atoms with Crippen LogP contribution in [0, 0.1) is 11.3 Å². The molecule has 0 spiro atoms. The summed E-state index contributed by atoms with van der Waals surface area (Å²) >= 11 is 0. The van der Waals surface area contributed by atoms with Crippen LogP contribution in [0.3, 0.4) is 0 Å². The fourth-order valence-corrected chi connectivity index (χ4v) is 1.88. The summed E-state index contributed by atoms with van der Waals surface area (Å²) in [5.41, 5.74) is -1.43. The molecular weight excluding hydrogens is 220 g/mol. The van der Waals surface area contributed by atoms with Gasteiger partial charge in [0.05, 0.1) is 6.61 Å². The first-order valence-electron chi connectivity index (χ1n) is 5.92. The number of rotatable bonds is 8. The molecule has 0 saturated carbocycles. The van der Waals surface area contributed by atoms with Crippen molar-refractivity contribution in [1.29, 1.82) is 0 Å². The highest BCUT2D eigenvalue weighted by atomic mass is 16.5. The second-order valence-corrected chi connectivity index (χ2v) is 4.53. The van der Waals surface area contributed by atoms with Crippen molar-refractivity contribution in [2.75, 3.05) is 6.61 Å². The van der Waals surface area contributed by atoms with Gasteiger partial charge in [-0.1, -0.05) is 19.9 Å². The lowest BCUT2D eigenvalue weighted by atomic mass is 9.76. The summed E-state index contributed by atoms with van der Waals surface area (Å²) in [6, 6.07) is 0. The lowest BCUT2D eigenvalue weighted by Crippen LogP contribution is -2.41. The zero-order chi connectivity index (χ0) is 13.5. The number of allylic oxidation sites excluding steroid dienone is 1. The van der Waals surface area contributed by atoms with Gasteiger partial charge in [0, 0.05) is 0 Å². The normalized spacial score (nSPS) is 14.1. The van der Waals surface area contributed by atoms with Crippen LogP contribution in [-0.4, -0.2) is 23.7 Å². The first kappa shape index (κ1) is 15.7. The highest BCUT2D eigenvalue weighted by Crippen LogP contribution is 2.34. The van der Waals surface area contributed by atoms with E-state index in [1.165, 1.54) is 0 Å². The predicted molar refractivity (Wildman–Crippen MR) is 65.6 cm³/mol. The van der Waals surface area contributed by atoms with E-state index in [0.717, 1.165) is 0 Å². The Morgan fingerprint density at radius 2 is 2.06 bits per heavy atom.